The summed E-state index contributed by atoms with van der Waals surface area (Å²) in [6, 6.07) is 0. The molecular formula is C22H34O7. The molecule has 29 heavy (non-hydrogen) atoms. The third kappa shape index (κ3) is 2.63. The van der Waals surface area contributed by atoms with Gasteiger partial charge < -0.3 is 24.8 Å². The zero-order valence-electron chi connectivity index (χ0n) is 18.2. The van der Waals surface area contributed by atoms with Crippen LogP contribution in [-0.2, 0) is 19.1 Å². The fourth-order valence-corrected chi connectivity index (χ4v) is 6.60. The third-order valence-electron chi connectivity index (χ3n) is 8.04. The van der Waals surface area contributed by atoms with Crippen LogP contribution in [0.1, 0.15) is 60.8 Å². The first-order chi connectivity index (χ1) is 13.1. The average Bonchev–Trinajstić information content (AvgIpc) is 2.60. The molecule has 0 radical (unpaired) electrons. The summed E-state index contributed by atoms with van der Waals surface area (Å²) >= 11 is 0. The van der Waals surface area contributed by atoms with Gasteiger partial charge in [-0.3, -0.25) is 9.59 Å². The van der Waals surface area contributed by atoms with Crippen LogP contribution in [0.25, 0.3) is 0 Å². The second kappa shape index (κ2) is 6.36. The number of carbonyl (C=O) groups excluding carboxylic acids is 2. The standard InChI is InChI=1S/C22H34O7/c1-8-19(5)11-14(25)22(27)20(6)13(24)9-10-18(3,4)16(20)15(28-12(2)23)17(26)21(22,7)29-19/h8,13,15-17,24,26-27H,1,9-11H2,2-7H3/t13-,15-,16-,17+,19+,20-,21+,22-/m0/s1. The molecule has 164 valence electrons. The summed E-state index contributed by atoms with van der Waals surface area (Å²) in [4.78, 5) is 25.5. The van der Waals surface area contributed by atoms with E-state index >= 15 is 0 Å². The first-order valence-corrected chi connectivity index (χ1v) is 10.2. The van der Waals surface area contributed by atoms with Crippen LogP contribution in [0, 0.1) is 16.7 Å². The van der Waals surface area contributed by atoms with Crippen LogP contribution >= 0.6 is 0 Å². The number of aliphatic hydroxyl groups excluding tert-OH is 2. The van der Waals surface area contributed by atoms with E-state index in [1.54, 1.807) is 13.8 Å². The van der Waals surface area contributed by atoms with Gasteiger partial charge in [0.25, 0.3) is 0 Å². The molecule has 0 spiro atoms. The zero-order chi connectivity index (χ0) is 22.2. The maximum Gasteiger partial charge on any atom is 0.303 e. The summed E-state index contributed by atoms with van der Waals surface area (Å²) in [6.07, 6.45) is -1.30. The Labute approximate surface area is 172 Å². The summed E-state index contributed by atoms with van der Waals surface area (Å²) in [5, 5.41) is 34.6. The molecule has 2 aliphatic carbocycles. The van der Waals surface area contributed by atoms with E-state index in [9.17, 15) is 24.9 Å². The minimum Gasteiger partial charge on any atom is -0.459 e. The first kappa shape index (κ1) is 22.4. The number of carbonyl (C=O) groups is 2. The smallest absolute Gasteiger partial charge is 0.303 e. The van der Waals surface area contributed by atoms with E-state index in [1.165, 1.54) is 19.9 Å². The fraction of sp³-hybridized carbons (Fsp3) is 0.818. The number of esters is 1. The number of hydrogen-bond donors (Lipinski definition) is 3. The first-order valence-electron chi connectivity index (χ1n) is 10.2. The molecule has 3 N–H and O–H groups in total. The molecule has 0 aromatic carbocycles. The van der Waals surface area contributed by atoms with E-state index in [2.05, 4.69) is 6.58 Å². The van der Waals surface area contributed by atoms with Crippen molar-refractivity contribution in [3.63, 3.8) is 0 Å². The Morgan fingerprint density at radius 1 is 1.24 bits per heavy atom. The SMILES string of the molecule is C=C[C@]1(C)CC(=O)[C@]2(O)[C@@]3(C)[C@@H](O)CCC(C)(C)[C@@H]3[C@H](OC(C)=O)[C@@H](O)[C@@]2(C)O1. The van der Waals surface area contributed by atoms with Crippen LogP contribution in [0.3, 0.4) is 0 Å². The molecule has 0 bridgehead atoms. The molecule has 7 heteroatoms. The molecule has 1 saturated heterocycles. The maximum absolute atomic E-state index is 13.5. The lowest BCUT2D eigenvalue weighted by molar-refractivity contribution is -0.370. The van der Waals surface area contributed by atoms with Gasteiger partial charge in [-0.25, -0.2) is 0 Å². The van der Waals surface area contributed by atoms with Gasteiger partial charge in [0.1, 0.15) is 17.8 Å². The molecule has 3 rings (SSSR count). The Hall–Kier alpha value is -1.28. The second-order valence-electron chi connectivity index (χ2n) is 10.4. The topological polar surface area (TPSA) is 113 Å². The van der Waals surface area contributed by atoms with E-state index in [0.29, 0.717) is 12.8 Å². The number of ketones is 1. The van der Waals surface area contributed by atoms with Gasteiger partial charge in [0.15, 0.2) is 11.4 Å². The van der Waals surface area contributed by atoms with Crippen LogP contribution in [-0.4, -0.2) is 62.2 Å². The van der Waals surface area contributed by atoms with Crippen molar-refractivity contribution >= 4 is 11.8 Å². The molecule has 7 nitrogen and oxygen atoms in total. The normalized spacial score (nSPS) is 51.6. The van der Waals surface area contributed by atoms with Crippen molar-refractivity contribution in [1.29, 1.82) is 0 Å². The van der Waals surface area contributed by atoms with Gasteiger partial charge in [-0.05, 0) is 32.1 Å². The van der Waals surface area contributed by atoms with Crippen molar-refractivity contribution in [2.45, 2.75) is 95.9 Å². The molecule has 8 atom stereocenters. The fourth-order valence-electron chi connectivity index (χ4n) is 6.60. The van der Waals surface area contributed by atoms with Gasteiger partial charge in [0.2, 0.25) is 0 Å². The Morgan fingerprint density at radius 2 is 1.83 bits per heavy atom. The quantitative estimate of drug-likeness (QED) is 0.467. The number of hydrogen-bond acceptors (Lipinski definition) is 7. The molecule has 0 unspecified atom stereocenters. The average molecular weight is 411 g/mol. The largest absolute Gasteiger partial charge is 0.459 e. The van der Waals surface area contributed by atoms with Crippen molar-refractivity contribution in [2.75, 3.05) is 0 Å². The third-order valence-corrected chi connectivity index (χ3v) is 8.04. The molecule has 0 aromatic heterocycles. The van der Waals surface area contributed by atoms with Gasteiger partial charge in [-0.2, -0.15) is 0 Å². The number of aliphatic hydroxyl groups is 3. The Balaban J connectivity index is 2.32. The molecule has 1 aliphatic heterocycles. The van der Waals surface area contributed by atoms with E-state index in [-0.39, 0.29) is 6.42 Å². The lowest BCUT2D eigenvalue weighted by atomic mass is 9.40. The Morgan fingerprint density at radius 3 is 2.34 bits per heavy atom. The Kier molecular flexibility index (Phi) is 4.91. The van der Waals surface area contributed by atoms with E-state index in [0.717, 1.165) is 0 Å². The monoisotopic (exact) mass is 410 g/mol. The molecule has 3 aliphatic rings. The highest BCUT2D eigenvalue weighted by atomic mass is 16.6. The van der Waals surface area contributed by atoms with Gasteiger partial charge >= 0.3 is 5.97 Å². The van der Waals surface area contributed by atoms with Crippen LogP contribution < -0.4 is 0 Å². The van der Waals surface area contributed by atoms with Crippen molar-refractivity contribution in [1.82, 2.24) is 0 Å². The summed E-state index contributed by atoms with van der Waals surface area (Å²) < 4.78 is 11.8. The summed E-state index contributed by atoms with van der Waals surface area (Å²) in [5.74, 6) is -1.77. The number of fused-ring (bicyclic) bond motifs is 3. The van der Waals surface area contributed by atoms with Crippen LogP contribution in [0.15, 0.2) is 12.7 Å². The van der Waals surface area contributed by atoms with Gasteiger partial charge in [0.05, 0.1) is 11.7 Å². The molecule has 3 fully saturated rings. The van der Waals surface area contributed by atoms with E-state index < -0.39 is 63.6 Å². The van der Waals surface area contributed by atoms with Crippen LogP contribution in [0.2, 0.25) is 0 Å². The molecular weight excluding hydrogens is 376 g/mol. The van der Waals surface area contributed by atoms with Crippen LogP contribution in [0.5, 0.6) is 0 Å². The number of rotatable bonds is 2. The second-order valence-corrected chi connectivity index (χ2v) is 10.4. The Bertz CT molecular complexity index is 747. The zero-order valence-corrected chi connectivity index (χ0v) is 18.2. The van der Waals surface area contributed by atoms with Gasteiger partial charge in [-0.15, -0.1) is 6.58 Å². The van der Waals surface area contributed by atoms with E-state index in [4.69, 9.17) is 9.47 Å². The lowest BCUT2D eigenvalue weighted by Crippen LogP contribution is -2.86. The highest BCUT2D eigenvalue weighted by Crippen LogP contribution is 2.67. The molecule has 0 amide bonds. The summed E-state index contributed by atoms with van der Waals surface area (Å²) in [7, 11) is 0. The predicted molar refractivity (Wildman–Crippen MR) is 105 cm³/mol. The molecule has 1 heterocycles. The minimum atomic E-state index is -2.18. The van der Waals surface area contributed by atoms with Crippen molar-refractivity contribution in [2.24, 2.45) is 16.7 Å². The van der Waals surface area contributed by atoms with Crippen molar-refractivity contribution in [3.05, 3.63) is 12.7 Å². The van der Waals surface area contributed by atoms with E-state index in [1.807, 2.05) is 13.8 Å². The maximum atomic E-state index is 13.5. The highest BCUT2D eigenvalue weighted by Gasteiger charge is 2.81. The van der Waals surface area contributed by atoms with Crippen LogP contribution in [0.4, 0.5) is 0 Å². The number of ether oxygens (including phenoxy) is 2. The lowest BCUT2D eigenvalue weighted by Gasteiger charge is -2.71. The van der Waals surface area contributed by atoms with Gasteiger partial charge in [0, 0.05) is 24.7 Å². The van der Waals surface area contributed by atoms with Crippen molar-refractivity contribution in [3.8, 4) is 0 Å². The summed E-state index contributed by atoms with van der Waals surface area (Å²) in [5.41, 5.74) is -7.03. The minimum absolute atomic E-state index is 0.136. The van der Waals surface area contributed by atoms with Crippen molar-refractivity contribution < 1.29 is 34.4 Å². The molecule has 2 saturated carbocycles. The number of Topliss-reactive ketones (excluding diaryl/α,β-unsaturated/α-hetero) is 1. The summed E-state index contributed by atoms with van der Waals surface area (Å²) in [6.45, 7) is 13.6. The molecule has 0 aromatic rings. The van der Waals surface area contributed by atoms with Gasteiger partial charge in [-0.1, -0.05) is 26.8 Å². The highest BCUT2D eigenvalue weighted by molar-refractivity contribution is 5.92. The predicted octanol–water partition coefficient (Wildman–Crippen LogP) is 1.52.